The molecule has 0 bridgehead atoms. The molecule has 7 heteroatoms. The second kappa shape index (κ2) is 6.35. The highest BCUT2D eigenvalue weighted by Crippen LogP contribution is 2.23. The van der Waals surface area contributed by atoms with Crippen LogP contribution in [0.2, 0.25) is 0 Å². The van der Waals surface area contributed by atoms with Gasteiger partial charge in [-0.2, -0.15) is 0 Å². The average Bonchev–Trinajstić information content (AvgIpc) is 3.02. The first kappa shape index (κ1) is 16.0. The van der Waals surface area contributed by atoms with Gasteiger partial charge in [-0.25, -0.2) is 4.79 Å². The second-order valence-electron chi connectivity index (χ2n) is 5.76. The normalized spacial score (nSPS) is 17.2. The van der Waals surface area contributed by atoms with E-state index >= 15 is 0 Å². The van der Waals surface area contributed by atoms with Crippen molar-refractivity contribution in [2.24, 2.45) is 0 Å². The van der Waals surface area contributed by atoms with E-state index in [4.69, 9.17) is 9.15 Å². The van der Waals surface area contributed by atoms with Crippen LogP contribution in [0.15, 0.2) is 33.5 Å². The third kappa shape index (κ3) is 3.10. The molecule has 1 aromatic carbocycles. The van der Waals surface area contributed by atoms with Crippen molar-refractivity contribution < 1.29 is 23.8 Å². The standard InChI is InChI=1S/C17H17NO6/c1-10-7-16(20)24-14-8-11(4-5-12(10)14)23-9-15(19)18-6-2-3-13(18)17(21)22/h4-5,7-8,13H,2-3,6,9H2,1H3,(H,21,22)/p-1/t13-/m1/s1. The number of carbonyl (C=O) groups is 2. The van der Waals surface area contributed by atoms with E-state index in [-0.39, 0.29) is 6.61 Å². The van der Waals surface area contributed by atoms with Gasteiger partial charge in [-0.3, -0.25) is 4.79 Å². The smallest absolute Gasteiger partial charge is 0.336 e. The van der Waals surface area contributed by atoms with Gasteiger partial charge in [0.05, 0.1) is 12.0 Å². The molecule has 0 saturated carbocycles. The van der Waals surface area contributed by atoms with Crippen molar-refractivity contribution >= 4 is 22.8 Å². The third-order valence-corrected chi connectivity index (χ3v) is 4.13. The van der Waals surface area contributed by atoms with E-state index in [0.717, 1.165) is 10.9 Å². The zero-order valence-corrected chi connectivity index (χ0v) is 13.1. The number of rotatable bonds is 4. The van der Waals surface area contributed by atoms with Crippen LogP contribution in [-0.4, -0.2) is 36.0 Å². The Kier molecular flexibility index (Phi) is 4.24. The van der Waals surface area contributed by atoms with Crippen molar-refractivity contribution in [3.8, 4) is 5.75 Å². The van der Waals surface area contributed by atoms with Gasteiger partial charge in [-0.1, -0.05) is 0 Å². The molecule has 0 unspecified atom stereocenters. The van der Waals surface area contributed by atoms with Gasteiger partial charge in [0.15, 0.2) is 6.61 Å². The fourth-order valence-corrected chi connectivity index (χ4v) is 2.93. The SMILES string of the molecule is Cc1cc(=O)oc2cc(OCC(=O)N3CCC[C@@H]3C(=O)[O-])ccc12. The van der Waals surface area contributed by atoms with Crippen molar-refractivity contribution in [2.45, 2.75) is 25.8 Å². The summed E-state index contributed by atoms with van der Waals surface area (Å²) in [4.78, 5) is 35.8. The van der Waals surface area contributed by atoms with E-state index < -0.39 is 23.5 Å². The zero-order chi connectivity index (χ0) is 17.3. The van der Waals surface area contributed by atoms with Crippen LogP contribution in [0, 0.1) is 6.92 Å². The second-order valence-corrected chi connectivity index (χ2v) is 5.76. The van der Waals surface area contributed by atoms with Gasteiger partial charge in [-0.05, 0) is 37.5 Å². The highest BCUT2D eigenvalue weighted by atomic mass is 16.5. The van der Waals surface area contributed by atoms with Crippen molar-refractivity contribution in [2.75, 3.05) is 13.2 Å². The quantitative estimate of drug-likeness (QED) is 0.744. The molecule has 24 heavy (non-hydrogen) atoms. The summed E-state index contributed by atoms with van der Waals surface area (Å²) in [5.41, 5.74) is 0.707. The molecule has 1 aliphatic rings. The van der Waals surface area contributed by atoms with Gasteiger partial charge < -0.3 is 24.0 Å². The highest BCUT2D eigenvalue weighted by Gasteiger charge is 2.29. The minimum Gasteiger partial charge on any atom is -0.548 e. The largest absolute Gasteiger partial charge is 0.548 e. The number of aliphatic carboxylic acids is 1. The first-order valence-electron chi connectivity index (χ1n) is 7.63. The van der Waals surface area contributed by atoms with Gasteiger partial charge in [-0.15, -0.1) is 0 Å². The molecule has 1 amide bonds. The average molecular weight is 330 g/mol. The van der Waals surface area contributed by atoms with Crippen LogP contribution in [0.4, 0.5) is 0 Å². The number of hydrogen-bond acceptors (Lipinski definition) is 6. The van der Waals surface area contributed by atoms with Crippen molar-refractivity contribution in [1.82, 2.24) is 4.90 Å². The number of hydrogen-bond donors (Lipinski definition) is 0. The van der Waals surface area contributed by atoms with Crippen LogP contribution in [0.5, 0.6) is 5.75 Å². The number of aryl methyl sites for hydroxylation is 1. The minimum absolute atomic E-state index is 0.286. The van der Waals surface area contributed by atoms with Gasteiger partial charge in [0, 0.05) is 24.1 Å². The van der Waals surface area contributed by atoms with Crippen molar-refractivity contribution in [3.05, 3.63) is 40.2 Å². The molecule has 1 saturated heterocycles. The number of carboxylic acids is 1. The number of nitrogens with zero attached hydrogens (tertiary/aromatic N) is 1. The van der Waals surface area contributed by atoms with Crippen molar-refractivity contribution in [3.63, 3.8) is 0 Å². The lowest BCUT2D eigenvalue weighted by atomic mass is 10.1. The van der Waals surface area contributed by atoms with E-state index in [0.29, 0.717) is 30.7 Å². The molecule has 1 fully saturated rings. The van der Waals surface area contributed by atoms with E-state index in [1.807, 2.05) is 0 Å². The van der Waals surface area contributed by atoms with Gasteiger partial charge in [0.25, 0.3) is 5.91 Å². The molecule has 3 rings (SSSR count). The number of carboxylic acid groups (broad SMARTS) is 1. The number of carbonyl (C=O) groups excluding carboxylic acids is 2. The van der Waals surface area contributed by atoms with Crippen LogP contribution in [0.25, 0.3) is 11.0 Å². The predicted octanol–water partition coefficient (Wildman–Crippen LogP) is 0.221. The highest BCUT2D eigenvalue weighted by molar-refractivity contribution is 5.85. The van der Waals surface area contributed by atoms with Crippen LogP contribution in [0.3, 0.4) is 0 Å². The van der Waals surface area contributed by atoms with E-state index in [2.05, 4.69) is 0 Å². The number of fused-ring (bicyclic) bond motifs is 1. The summed E-state index contributed by atoms with van der Waals surface area (Å²) in [5, 5.41) is 11.8. The molecular formula is C17H16NO6-. The lowest BCUT2D eigenvalue weighted by Gasteiger charge is -2.25. The maximum Gasteiger partial charge on any atom is 0.336 e. The number of likely N-dealkylation sites (tertiary alicyclic amines) is 1. The predicted molar refractivity (Wildman–Crippen MR) is 82.5 cm³/mol. The lowest BCUT2D eigenvalue weighted by Crippen LogP contribution is -2.48. The van der Waals surface area contributed by atoms with Crippen LogP contribution in [0.1, 0.15) is 18.4 Å². The first-order chi connectivity index (χ1) is 11.5. The fraction of sp³-hybridized carbons (Fsp3) is 0.353. The van der Waals surface area contributed by atoms with E-state index in [9.17, 15) is 19.5 Å². The summed E-state index contributed by atoms with van der Waals surface area (Å²) < 4.78 is 10.6. The summed E-state index contributed by atoms with van der Waals surface area (Å²) in [6.45, 7) is 1.90. The molecule has 1 aromatic heterocycles. The Bertz CT molecular complexity index is 856. The summed E-state index contributed by atoms with van der Waals surface area (Å²) in [7, 11) is 0. The van der Waals surface area contributed by atoms with E-state index in [1.54, 1.807) is 19.1 Å². The minimum atomic E-state index is -1.25. The topological polar surface area (TPSA) is 99.9 Å². The summed E-state index contributed by atoms with van der Waals surface area (Å²) in [6, 6.07) is 5.46. The summed E-state index contributed by atoms with van der Waals surface area (Å²) in [6.07, 6.45) is 1.03. The fourth-order valence-electron chi connectivity index (χ4n) is 2.93. The molecule has 126 valence electrons. The Hall–Kier alpha value is -2.83. The zero-order valence-electron chi connectivity index (χ0n) is 13.1. The molecule has 1 aliphatic heterocycles. The summed E-state index contributed by atoms with van der Waals surface area (Å²) >= 11 is 0. The number of ether oxygens (including phenoxy) is 1. The number of amides is 1. The molecular weight excluding hydrogens is 314 g/mol. The van der Waals surface area contributed by atoms with Gasteiger partial charge in [0.2, 0.25) is 0 Å². The van der Waals surface area contributed by atoms with Crippen LogP contribution < -0.4 is 15.5 Å². The van der Waals surface area contributed by atoms with Crippen LogP contribution >= 0.6 is 0 Å². The Morgan fingerprint density at radius 3 is 2.92 bits per heavy atom. The van der Waals surface area contributed by atoms with E-state index in [1.165, 1.54) is 17.0 Å². The third-order valence-electron chi connectivity index (χ3n) is 4.13. The molecule has 2 heterocycles. The summed E-state index contributed by atoms with van der Waals surface area (Å²) in [5.74, 6) is -1.29. The molecule has 1 atom stereocenters. The maximum atomic E-state index is 12.1. The van der Waals surface area contributed by atoms with Crippen molar-refractivity contribution in [1.29, 1.82) is 0 Å². The molecule has 7 nitrogen and oxygen atoms in total. The molecule has 0 spiro atoms. The molecule has 0 radical (unpaired) electrons. The van der Waals surface area contributed by atoms with Gasteiger partial charge >= 0.3 is 5.63 Å². The monoisotopic (exact) mass is 330 g/mol. The Labute approximate surface area is 137 Å². The molecule has 0 N–H and O–H groups in total. The Morgan fingerprint density at radius 2 is 2.17 bits per heavy atom. The Balaban J connectivity index is 1.72. The lowest BCUT2D eigenvalue weighted by molar-refractivity contribution is -0.310. The molecule has 0 aliphatic carbocycles. The Morgan fingerprint density at radius 1 is 1.38 bits per heavy atom. The van der Waals surface area contributed by atoms with Crippen LogP contribution in [-0.2, 0) is 9.59 Å². The number of benzene rings is 1. The molecule has 2 aromatic rings. The first-order valence-corrected chi connectivity index (χ1v) is 7.63. The van der Waals surface area contributed by atoms with Gasteiger partial charge in [0.1, 0.15) is 11.3 Å². The maximum absolute atomic E-state index is 12.1.